The second-order valence-corrected chi connectivity index (χ2v) is 5.38. The Morgan fingerprint density at radius 2 is 2.00 bits per heavy atom. The first kappa shape index (κ1) is 13.6. The van der Waals surface area contributed by atoms with Gasteiger partial charge in [-0.25, -0.2) is 9.37 Å². The van der Waals surface area contributed by atoms with Gasteiger partial charge in [0.05, 0.1) is 0 Å². The van der Waals surface area contributed by atoms with E-state index in [1.54, 1.807) is 12.1 Å². The third kappa shape index (κ3) is 2.62. The van der Waals surface area contributed by atoms with Crippen LogP contribution in [0.25, 0.3) is 11.3 Å². The Kier molecular flexibility index (Phi) is 3.60. The van der Waals surface area contributed by atoms with Gasteiger partial charge < -0.3 is 10.3 Å². The number of rotatable bonds is 3. The average molecular weight is 261 g/mol. The van der Waals surface area contributed by atoms with Crippen molar-refractivity contribution in [2.45, 2.75) is 34.2 Å². The maximum atomic E-state index is 13.9. The number of halogens is 1. The highest BCUT2D eigenvalue weighted by Crippen LogP contribution is 2.29. The van der Waals surface area contributed by atoms with Crippen molar-refractivity contribution in [3.05, 3.63) is 35.4 Å². The fourth-order valence-electron chi connectivity index (χ4n) is 2.20. The van der Waals surface area contributed by atoms with E-state index in [-0.39, 0.29) is 5.82 Å². The van der Waals surface area contributed by atoms with E-state index >= 15 is 0 Å². The first-order valence-corrected chi connectivity index (χ1v) is 6.49. The number of nitrogens with zero attached hydrogens (tertiary/aromatic N) is 2. The van der Waals surface area contributed by atoms with Crippen LogP contribution in [-0.4, -0.2) is 9.55 Å². The molecule has 0 aliphatic rings. The van der Waals surface area contributed by atoms with Crippen LogP contribution in [0.15, 0.2) is 18.2 Å². The lowest BCUT2D eigenvalue weighted by Crippen LogP contribution is -2.09. The molecule has 19 heavy (non-hydrogen) atoms. The number of benzene rings is 1. The summed E-state index contributed by atoms with van der Waals surface area (Å²) in [6.45, 7) is 8.85. The first-order valence-electron chi connectivity index (χ1n) is 6.49. The van der Waals surface area contributed by atoms with Crippen LogP contribution in [0.3, 0.4) is 0 Å². The zero-order valence-corrected chi connectivity index (χ0v) is 11.9. The predicted molar refractivity (Wildman–Crippen MR) is 76.3 cm³/mol. The van der Waals surface area contributed by atoms with Crippen LogP contribution in [-0.2, 0) is 6.54 Å². The lowest BCUT2D eigenvalue weighted by atomic mass is 10.1. The zero-order valence-electron chi connectivity index (χ0n) is 11.9. The van der Waals surface area contributed by atoms with Gasteiger partial charge in [-0.1, -0.05) is 25.5 Å². The van der Waals surface area contributed by atoms with E-state index in [1.807, 2.05) is 18.4 Å². The van der Waals surface area contributed by atoms with Crippen LogP contribution in [0.4, 0.5) is 10.2 Å². The van der Waals surface area contributed by atoms with Gasteiger partial charge in [0.2, 0.25) is 0 Å². The molecule has 1 heterocycles. The summed E-state index contributed by atoms with van der Waals surface area (Å²) in [4.78, 5) is 4.43. The van der Waals surface area contributed by atoms with Gasteiger partial charge in [0.1, 0.15) is 23.2 Å². The van der Waals surface area contributed by atoms with Gasteiger partial charge in [-0.05, 0) is 31.9 Å². The predicted octanol–water partition coefficient (Wildman–Crippen LogP) is 3.54. The van der Waals surface area contributed by atoms with Gasteiger partial charge in [-0.3, -0.25) is 0 Å². The Labute approximate surface area is 113 Å². The molecule has 4 heteroatoms. The molecule has 102 valence electrons. The molecule has 0 aliphatic heterocycles. The fourth-order valence-corrected chi connectivity index (χ4v) is 2.20. The summed E-state index contributed by atoms with van der Waals surface area (Å²) in [5.41, 5.74) is 8.15. The normalized spacial score (nSPS) is 11.3. The molecule has 0 fully saturated rings. The molecule has 0 radical (unpaired) electrons. The van der Waals surface area contributed by atoms with Gasteiger partial charge in [0, 0.05) is 12.1 Å². The molecule has 1 aromatic heterocycles. The summed E-state index contributed by atoms with van der Waals surface area (Å²) in [7, 11) is 0. The maximum absolute atomic E-state index is 13.9. The molecule has 0 saturated heterocycles. The number of hydrogen-bond donors (Lipinski definition) is 1. The molecule has 0 amide bonds. The SMILES string of the molecule is Cc1ccc(F)c(-c2nc(C)n(CC(C)C)c2N)c1. The second-order valence-electron chi connectivity index (χ2n) is 5.38. The Balaban J connectivity index is 2.54. The molecule has 2 N–H and O–H groups in total. The summed E-state index contributed by atoms with van der Waals surface area (Å²) in [5.74, 6) is 1.54. The standard InChI is InChI=1S/C15H20FN3/c1-9(2)8-19-11(4)18-14(15(19)17)12-7-10(3)5-6-13(12)16/h5-7,9H,8,17H2,1-4H3. The Bertz CT molecular complexity index is 600. The summed E-state index contributed by atoms with van der Waals surface area (Å²) in [6, 6.07) is 4.99. The third-order valence-electron chi connectivity index (χ3n) is 3.12. The minimum Gasteiger partial charge on any atom is -0.383 e. The molecule has 3 nitrogen and oxygen atoms in total. The molecule has 0 saturated carbocycles. The number of aryl methyl sites for hydroxylation is 2. The van der Waals surface area contributed by atoms with Gasteiger partial charge >= 0.3 is 0 Å². The highest BCUT2D eigenvalue weighted by atomic mass is 19.1. The summed E-state index contributed by atoms with van der Waals surface area (Å²) >= 11 is 0. The van der Waals surface area contributed by atoms with Crippen LogP contribution >= 0.6 is 0 Å². The molecule has 0 spiro atoms. The van der Waals surface area contributed by atoms with E-state index in [4.69, 9.17) is 5.73 Å². The summed E-state index contributed by atoms with van der Waals surface area (Å²) in [5, 5.41) is 0. The monoisotopic (exact) mass is 261 g/mol. The lowest BCUT2D eigenvalue weighted by Gasteiger charge is -2.10. The minimum atomic E-state index is -0.286. The number of aromatic nitrogens is 2. The van der Waals surface area contributed by atoms with Gasteiger partial charge in [0.25, 0.3) is 0 Å². The Hall–Kier alpha value is -1.84. The van der Waals surface area contributed by atoms with Crippen molar-refractivity contribution in [2.24, 2.45) is 5.92 Å². The van der Waals surface area contributed by atoms with Crippen molar-refractivity contribution in [2.75, 3.05) is 5.73 Å². The molecule has 2 aromatic rings. The van der Waals surface area contributed by atoms with E-state index in [0.717, 1.165) is 17.9 Å². The highest BCUT2D eigenvalue weighted by molar-refractivity contribution is 5.72. The van der Waals surface area contributed by atoms with Gasteiger partial charge in [-0.2, -0.15) is 0 Å². The number of anilines is 1. The van der Waals surface area contributed by atoms with E-state index in [0.29, 0.717) is 23.0 Å². The van der Waals surface area contributed by atoms with Crippen molar-refractivity contribution in [3.8, 4) is 11.3 Å². The molecule has 0 aliphatic carbocycles. The topological polar surface area (TPSA) is 43.8 Å². The Morgan fingerprint density at radius 3 is 2.63 bits per heavy atom. The third-order valence-corrected chi connectivity index (χ3v) is 3.12. The van der Waals surface area contributed by atoms with E-state index in [1.165, 1.54) is 6.07 Å². The fraction of sp³-hybridized carbons (Fsp3) is 0.400. The average Bonchev–Trinajstić information content (AvgIpc) is 2.60. The highest BCUT2D eigenvalue weighted by Gasteiger charge is 2.17. The lowest BCUT2D eigenvalue weighted by molar-refractivity contribution is 0.518. The molecule has 0 unspecified atom stereocenters. The van der Waals surface area contributed by atoms with Crippen molar-refractivity contribution in [1.29, 1.82) is 0 Å². The van der Waals surface area contributed by atoms with Crippen LogP contribution < -0.4 is 5.73 Å². The summed E-state index contributed by atoms with van der Waals surface area (Å²) < 4.78 is 15.9. The van der Waals surface area contributed by atoms with Crippen molar-refractivity contribution in [3.63, 3.8) is 0 Å². The van der Waals surface area contributed by atoms with Gasteiger partial charge in [0.15, 0.2) is 0 Å². The zero-order chi connectivity index (χ0) is 14.2. The van der Waals surface area contributed by atoms with E-state index in [9.17, 15) is 4.39 Å². The molecule has 2 rings (SSSR count). The Morgan fingerprint density at radius 1 is 1.32 bits per heavy atom. The van der Waals surface area contributed by atoms with Crippen molar-refractivity contribution in [1.82, 2.24) is 9.55 Å². The van der Waals surface area contributed by atoms with Crippen LogP contribution in [0, 0.1) is 25.6 Å². The van der Waals surface area contributed by atoms with Crippen LogP contribution in [0.5, 0.6) is 0 Å². The van der Waals surface area contributed by atoms with Crippen LogP contribution in [0.1, 0.15) is 25.2 Å². The van der Waals surface area contributed by atoms with Crippen molar-refractivity contribution >= 4 is 5.82 Å². The second kappa shape index (κ2) is 5.03. The number of hydrogen-bond acceptors (Lipinski definition) is 2. The van der Waals surface area contributed by atoms with Crippen LogP contribution in [0.2, 0.25) is 0 Å². The number of imidazole rings is 1. The first-order chi connectivity index (χ1) is 8.90. The number of nitrogen functional groups attached to an aromatic ring is 1. The van der Waals surface area contributed by atoms with Crippen molar-refractivity contribution < 1.29 is 4.39 Å². The largest absolute Gasteiger partial charge is 0.383 e. The molecule has 0 bridgehead atoms. The van der Waals surface area contributed by atoms with Gasteiger partial charge in [-0.15, -0.1) is 0 Å². The molecule has 1 aromatic carbocycles. The van der Waals surface area contributed by atoms with E-state index in [2.05, 4.69) is 18.8 Å². The number of nitrogens with two attached hydrogens (primary N) is 1. The molecular weight excluding hydrogens is 241 g/mol. The molecule has 0 atom stereocenters. The summed E-state index contributed by atoms with van der Waals surface area (Å²) in [6.07, 6.45) is 0. The maximum Gasteiger partial charge on any atom is 0.132 e. The molecular formula is C15H20FN3. The smallest absolute Gasteiger partial charge is 0.132 e. The van der Waals surface area contributed by atoms with E-state index < -0.39 is 0 Å². The quantitative estimate of drug-likeness (QED) is 0.918. The minimum absolute atomic E-state index is 0.286.